The molecule has 1 fully saturated rings. The maximum absolute atomic E-state index is 13.1. The highest BCUT2D eigenvalue weighted by molar-refractivity contribution is 5.74. The number of rotatable bonds is 8. The Morgan fingerprint density at radius 2 is 1.93 bits per heavy atom. The van der Waals surface area contributed by atoms with Gasteiger partial charge in [-0.25, -0.2) is 9.78 Å². The zero-order chi connectivity index (χ0) is 21.5. The van der Waals surface area contributed by atoms with Crippen LogP contribution in [0.15, 0.2) is 36.7 Å². The summed E-state index contributed by atoms with van der Waals surface area (Å²) in [7, 11) is 4.10. The molecule has 1 N–H and O–H groups in total. The summed E-state index contributed by atoms with van der Waals surface area (Å²) in [6.07, 6.45) is 5.67. The molecule has 0 spiro atoms. The molecule has 1 saturated heterocycles. The molecule has 0 bridgehead atoms. The molecule has 0 radical (unpaired) electrons. The summed E-state index contributed by atoms with van der Waals surface area (Å²) in [5.74, 6) is 2.26. The number of nitrogens with one attached hydrogen (secondary N) is 1. The third-order valence-corrected chi connectivity index (χ3v) is 5.57. The number of aromatic nitrogens is 2. The van der Waals surface area contributed by atoms with Crippen LogP contribution in [0.2, 0.25) is 0 Å². The number of hydrogen-bond acceptors (Lipinski definition) is 4. The molecule has 2 aromatic rings. The van der Waals surface area contributed by atoms with Crippen molar-refractivity contribution in [2.24, 2.45) is 13.0 Å². The minimum atomic E-state index is -0.0345. The second-order valence-electron chi connectivity index (χ2n) is 8.62. The van der Waals surface area contributed by atoms with Crippen molar-refractivity contribution in [1.82, 2.24) is 24.7 Å². The van der Waals surface area contributed by atoms with E-state index in [0.29, 0.717) is 25.6 Å². The van der Waals surface area contributed by atoms with Crippen molar-refractivity contribution < 1.29 is 9.53 Å². The topological polar surface area (TPSA) is 62.6 Å². The molecule has 164 valence electrons. The number of urea groups is 1. The fourth-order valence-electron chi connectivity index (χ4n) is 3.62. The van der Waals surface area contributed by atoms with E-state index in [1.165, 1.54) is 0 Å². The summed E-state index contributed by atoms with van der Waals surface area (Å²) in [4.78, 5) is 21.8. The van der Waals surface area contributed by atoms with E-state index in [-0.39, 0.29) is 12.1 Å². The van der Waals surface area contributed by atoms with E-state index in [4.69, 9.17) is 4.74 Å². The van der Waals surface area contributed by atoms with Crippen molar-refractivity contribution in [3.8, 4) is 5.75 Å². The molecule has 3 rings (SSSR count). The van der Waals surface area contributed by atoms with Crippen LogP contribution >= 0.6 is 0 Å². The maximum atomic E-state index is 13.1. The van der Waals surface area contributed by atoms with Gasteiger partial charge in [-0.2, -0.15) is 0 Å². The number of likely N-dealkylation sites (tertiary alicyclic amines) is 1. The summed E-state index contributed by atoms with van der Waals surface area (Å²) in [5.41, 5.74) is 1.06. The quantitative estimate of drug-likeness (QED) is 0.722. The molecular formula is C23H35N5O2. The van der Waals surface area contributed by atoms with Crippen LogP contribution in [-0.2, 0) is 20.1 Å². The summed E-state index contributed by atoms with van der Waals surface area (Å²) in [5, 5.41) is 3.10. The average molecular weight is 414 g/mol. The van der Waals surface area contributed by atoms with Crippen LogP contribution in [0.25, 0.3) is 0 Å². The predicted octanol–water partition coefficient (Wildman–Crippen LogP) is 3.26. The average Bonchev–Trinajstić information content (AvgIpc) is 3.14. The molecule has 1 aliphatic rings. The molecule has 7 nitrogen and oxygen atoms in total. The molecule has 1 aromatic carbocycles. The largest absolute Gasteiger partial charge is 0.493 e. The van der Waals surface area contributed by atoms with E-state index in [1.54, 1.807) is 6.20 Å². The van der Waals surface area contributed by atoms with Gasteiger partial charge < -0.3 is 24.4 Å². The normalized spacial score (nSPS) is 15.4. The van der Waals surface area contributed by atoms with E-state index in [0.717, 1.165) is 43.1 Å². The van der Waals surface area contributed by atoms with E-state index in [1.807, 2.05) is 47.0 Å². The number of aryl methyl sites for hydroxylation is 1. The zero-order valence-corrected chi connectivity index (χ0v) is 18.7. The molecule has 1 aliphatic heterocycles. The minimum absolute atomic E-state index is 0.0345. The number of hydrogen-bond donors (Lipinski definition) is 1. The Labute approximate surface area is 180 Å². The first-order valence-corrected chi connectivity index (χ1v) is 10.8. The lowest BCUT2D eigenvalue weighted by Gasteiger charge is -2.37. The van der Waals surface area contributed by atoms with Crippen molar-refractivity contribution in [2.45, 2.75) is 45.8 Å². The Hall–Kier alpha value is -2.54. The Morgan fingerprint density at radius 1 is 1.23 bits per heavy atom. The predicted molar refractivity (Wildman–Crippen MR) is 118 cm³/mol. The van der Waals surface area contributed by atoms with Gasteiger partial charge in [0.15, 0.2) is 0 Å². The molecule has 2 heterocycles. The van der Waals surface area contributed by atoms with E-state index >= 15 is 0 Å². The summed E-state index contributed by atoms with van der Waals surface area (Å²) >= 11 is 0. The minimum Gasteiger partial charge on any atom is -0.493 e. The monoisotopic (exact) mass is 413 g/mol. The Morgan fingerprint density at radius 3 is 2.53 bits per heavy atom. The van der Waals surface area contributed by atoms with Crippen molar-refractivity contribution in [2.75, 3.05) is 26.7 Å². The SMILES string of the molecule is CC(C)COc1ccc(CNC(=O)N(Cc2nccn2C)C2CCN(C)CC2)cc1. The van der Waals surface area contributed by atoms with Gasteiger partial charge in [-0.1, -0.05) is 26.0 Å². The van der Waals surface area contributed by atoms with Crippen molar-refractivity contribution in [3.63, 3.8) is 0 Å². The molecule has 0 atom stereocenters. The Bertz CT molecular complexity index is 794. The smallest absolute Gasteiger partial charge is 0.318 e. The third kappa shape index (κ3) is 6.23. The number of piperidine rings is 1. The molecule has 7 heteroatoms. The van der Waals surface area contributed by atoms with Gasteiger partial charge in [-0.3, -0.25) is 0 Å². The molecule has 2 amide bonds. The molecule has 30 heavy (non-hydrogen) atoms. The first-order valence-electron chi connectivity index (χ1n) is 10.8. The molecular weight excluding hydrogens is 378 g/mol. The van der Waals surface area contributed by atoms with Gasteiger partial charge in [0.05, 0.1) is 13.2 Å². The lowest BCUT2D eigenvalue weighted by molar-refractivity contribution is 0.124. The Kier molecular flexibility index (Phi) is 7.74. The second kappa shape index (κ2) is 10.5. The van der Waals surface area contributed by atoms with Crippen molar-refractivity contribution in [3.05, 3.63) is 48.0 Å². The number of benzene rings is 1. The number of nitrogens with zero attached hydrogens (tertiary/aromatic N) is 4. The lowest BCUT2D eigenvalue weighted by atomic mass is 10.0. The molecule has 0 unspecified atom stereocenters. The van der Waals surface area contributed by atoms with Gasteiger partial charge in [0.25, 0.3) is 0 Å². The van der Waals surface area contributed by atoms with Gasteiger partial charge in [0, 0.05) is 32.0 Å². The van der Waals surface area contributed by atoms with Gasteiger partial charge in [-0.05, 0) is 56.6 Å². The first-order chi connectivity index (χ1) is 14.4. The highest BCUT2D eigenvalue weighted by Crippen LogP contribution is 2.19. The first kappa shape index (κ1) is 22.2. The van der Waals surface area contributed by atoms with Crippen LogP contribution in [0, 0.1) is 5.92 Å². The van der Waals surface area contributed by atoms with Crippen LogP contribution in [-0.4, -0.2) is 58.2 Å². The second-order valence-corrected chi connectivity index (χ2v) is 8.62. The zero-order valence-electron chi connectivity index (χ0n) is 18.7. The fourth-order valence-corrected chi connectivity index (χ4v) is 3.62. The Balaban J connectivity index is 1.60. The van der Waals surface area contributed by atoms with Crippen LogP contribution in [0.4, 0.5) is 4.79 Å². The van der Waals surface area contributed by atoms with Gasteiger partial charge in [0.2, 0.25) is 0 Å². The fraction of sp³-hybridized carbons (Fsp3) is 0.565. The van der Waals surface area contributed by atoms with Crippen LogP contribution in [0.5, 0.6) is 5.75 Å². The third-order valence-electron chi connectivity index (χ3n) is 5.57. The van der Waals surface area contributed by atoms with Crippen molar-refractivity contribution >= 4 is 6.03 Å². The van der Waals surface area contributed by atoms with Gasteiger partial charge in [0.1, 0.15) is 11.6 Å². The van der Waals surface area contributed by atoms with Crippen LogP contribution in [0.3, 0.4) is 0 Å². The number of amides is 2. The van der Waals surface area contributed by atoms with E-state index in [2.05, 4.69) is 36.1 Å². The van der Waals surface area contributed by atoms with Crippen LogP contribution in [0.1, 0.15) is 38.1 Å². The number of carbonyl (C=O) groups is 1. The van der Waals surface area contributed by atoms with Crippen LogP contribution < -0.4 is 10.1 Å². The van der Waals surface area contributed by atoms with E-state index in [9.17, 15) is 4.79 Å². The number of imidazole rings is 1. The maximum Gasteiger partial charge on any atom is 0.318 e. The number of ether oxygens (including phenoxy) is 1. The summed E-state index contributed by atoms with van der Waals surface area (Å²) in [6.45, 7) is 7.99. The van der Waals surface area contributed by atoms with Crippen molar-refractivity contribution in [1.29, 1.82) is 0 Å². The lowest BCUT2D eigenvalue weighted by Crippen LogP contribution is -2.49. The standard InChI is InChI=1S/C23H35N5O2/c1-18(2)17-30-21-7-5-19(6-8-21)15-25-23(29)28(16-22-24-11-14-27(22)4)20-9-12-26(3)13-10-20/h5-8,11,14,18,20H,9-10,12-13,15-17H2,1-4H3,(H,25,29). The van der Waals surface area contributed by atoms with Gasteiger partial charge >= 0.3 is 6.03 Å². The molecule has 0 aliphatic carbocycles. The summed E-state index contributed by atoms with van der Waals surface area (Å²) < 4.78 is 7.71. The van der Waals surface area contributed by atoms with E-state index < -0.39 is 0 Å². The highest BCUT2D eigenvalue weighted by atomic mass is 16.5. The highest BCUT2D eigenvalue weighted by Gasteiger charge is 2.28. The summed E-state index contributed by atoms with van der Waals surface area (Å²) in [6, 6.07) is 8.14. The van der Waals surface area contributed by atoms with Gasteiger partial charge in [-0.15, -0.1) is 0 Å². The number of carbonyl (C=O) groups excluding carboxylic acids is 1. The molecule has 1 aromatic heterocycles. The molecule has 0 saturated carbocycles.